The zero-order valence-corrected chi connectivity index (χ0v) is 15.5. The highest BCUT2D eigenvalue weighted by Crippen LogP contribution is 2.28. The second-order valence-electron chi connectivity index (χ2n) is 7.05. The molecule has 1 aliphatic rings. The van der Waals surface area contributed by atoms with Crippen molar-refractivity contribution in [3.63, 3.8) is 0 Å². The van der Waals surface area contributed by atoms with E-state index < -0.39 is 0 Å². The van der Waals surface area contributed by atoms with Crippen molar-refractivity contribution < 1.29 is 9.21 Å². The number of nitrogens with one attached hydrogen (secondary N) is 2. The molecule has 3 aromatic rings. The van der Waals surface area contributed by atoms with Crippen molar-refractivity contribution in [3.8, 4) is 11.5 Å². The Labute approximate surface area is 157 Å². The summed E-state index contributed by atoms with van der Waals surface area (Å²) in [5, 5.41) is 10.5. The van der Waals surface area contributed by atoms with Crippen molar-refractivity contribution in [2.24, 2.45) is 13.0 Å². The highest BCUT2D eigenvalue weighted by molar-refractivity contribution is 5.80. The molecule has 0 spiro atoms. The quantitative estimate of drug-likeness (QED) is 0.722. The van der Waals surface area contributed by atoms with Crippen LogP contribution in [-0.4, -0.2) is 33.8 Å². The summed E-state index contributed by atoms with van der Waals surface area (Å²) in [4.78, 5) is 17.2. The van der Waals surface area contributed by atoms with Crippen LogP contribution in [0.4, 0.5) is 0 Å². The molecule has 2 N–H and O–H groups in total. The largest absolute Gasteiger partial charge is 0.444 e. The molecule has 2 aromatic heterocycles. The van der Waals surface area contributed by atoms with Crippen molar-refractivity contribution in [2.45, 2.75) is 19.4 Å². The Kier molecular flexibility index (Phi) is 4.77. The standard InChI is InChI=1S/C20H23N5O2/c1-13-3-5-14(6-4-13)20-24-16(12-27-20)8-22-19(26)18-10-21-9-17(18)15-7-23-25(2)11-15/h3-7,11-12,17-18,21H,8-10H2,1-2H3,(H,22,26)/t17-,18+/m1/s1. The second-order valence-corrected chi connectivity index (χ2v) is 7.05. The lowest BCUT2D eigenvalue weighted by Crippen LogP contribution is -2.34. The van der Waals surface area contributed by atoms with Crippen LogP contribution in [0.5, 0.6) is 0 Å². The van der Waals surface area contributed by atoms with Crippen molar-refractivity contribution in [3.05, 3.63) is 59.7 Å². The zero-order chi connectivity index (χ0) is 18.8. The van der Waals surface area contributed by atoms with Gasteiger partial charge in [0.25, 0.3) is 0 Å². The van der Waals surface area contributed by atoms with E-state index >= 15 is 0 Å². The van der Waals surface area contributed by atoms with Crippen LogP contribution in [0.25, 0.3) is 11.5 Å². The monoisotopic (exact) mass is 365 g/mol. The molecule has 7 nitrogen and oxygen atoms in total. The first-order valence-electron chi connectivity index (χ1n) is 9.08. The summed E-state index contributed by atoms with van der Waals surface area (Å²) in [5.74, 6) is 0.612. The van der Waals surface area contributed by atoms with E-state index in [0.29, 0.717) is 24.7 Å². The first-order chi connectivity index (χ1) is 13.1. The number of carbonyl (C=O) groups is 1. The van der Waals surface area contributed by atoms with Crippen molar-refractivity contribution in [2.75, 3.05) is 13.1 Å². The summed E-state index contributed by atoms with van der Waals surface area (Å²) < 4.78 is 7.32. The van der Waals surface area contributed by atoms with E-state index in [4.69, 9.17) is 4.42 Å². The molecule has 1 aliphatic heterocycles. The third-order valence-corrected chi connectivity index (χ3v) is 5.00. The molecular weight excluding hydrogens is 342 g/mol. The number of carbonyl (C=O) groups excluding carboxylic acids is 1. The van der Waals surface area contributed by atoms with Gasteiger partial charge in [0.2, 0.25) is 11.8 Å². The highest BCUT2D eigenvalue weighted by Gasteiger charge is 2.34. The summed E-state index contributed by atoms with van der Waals surface area (Å²) >= 11 is 0. The topological polar surface area (TPSA) is 85.0 Å². The fourth-order valence-corrected chi connectivity index (χ4v) is 3.46. The number of nitrogens with zero attached hydrogens (tertiary/aromatic N) is 3. The predicted octanol–water partition coefficient (Wildman–Crippen LogP) is 2.00. The molecule has 0 unspecified atom stereocenters. The molecule has 7 heteroatoms. The maximum atomic E-state index is 12.7. The molecule has 0 saturated carbocycles. The van der Waals surface area contributed by atoms with Gasteiger partial charge in [0.1, 0.15) is 6.26 Å². The van der Waals surface area contributed by atoms with Gasteiger partial charge in [-0.1, -0.05) is 17.7 Å². The van der Waals surface area contributed by atoms with Gasteiger partial charge in [-0.05, 0) is 24.6 Å². The van der Waals surface area contributed by atoms with Crippen LogP contribution in [0.2, 0.25) is 0 Å². The van der Waals surface area contributed by atoms with Gasteiger partial charge in [-0.3, -0.25) is 9.48 Å². The highest BCUT2D eigenvalue weighted by atomic mass is 16.3. The summed E-state index contributed by atoms with van der Waals surface area (Å²) in [6, 6.07) is 8.00. The maximum Gasteiger partial charge on any atom is 0.226 e. The molecular formula is C20H23N5O2. The van der Waals surface area contributed by atoms with Crippen LogP contribution in [0.3, 0.4) is 0 Å². The Balaban J connectivity index is 1.38. The first kappa shape index (κ1) is 17.5. The Morgan fingerprint density at radius 3 is 2.89 bits per heavy atom. The number of amides is 1. The van der Waals surface area contributed by atoms with E-state index in [2.05, 4.69) is 20.7 Å². The van der Waals surface area contributed by atoms with Crippen LogP contribution in [0.1, 0.15) is 22.7 Å². The summed E-state index contributed by atoms with van der Waals surface area (Å²) in [6.07, 6.45) is 5.41. The minimum Gasteiger partial charge on any atom is -0.444 e. The van der Waals surface area contributed by atoms with E-state index in [9.17, 15) is 4.79 Å². The SMILES string of the molecule is Cc1ccc(-c2nc(CNC(=O)[C@H]3CNC[C@@H]3c3cnn(C)c3)co2)cc1. The molecule has 3 heterocycles. The summed E-state index contributed by atoms with van der Waals surface area (Å²) in [6.45, 7) is 3.84. The third-order valence-electron chi connectivity index (χ3n) is 5.00. The number of rotatable bonds is 5. The average Bonchev–Trinajstić information content (AvgIpc) is 3.40. The lowest BCUT2D eigenvalue weighted by atomic mass is 9.90. The van der Waals surface area contributed by atoms with Gasteiger partial charge in [-0.2, -0.15) is 5.10 Å². The number of oxazole rings is 1. The number of hydrogen-bond donors (Lipinski definition) is 2. The Morgan fingerprint density at radius 1 is 1.33 bits per heavy atom. The summed E-state index contributed by atoms with van der Waals surface area (Å²) in [5.41, 5.74) is 3.91. The van der Waals surface area contributed by atoms with Crippen LogP contribution in [0, 0.1) is 12.8 Å². The fourth-order valence-electron chi connectivity index (χ4n) is 3.46. The van der Waals surface area contributed by atoms with Gasteiger partial charge < -0.3 is 15.1 Å². The van der Waals surface area contributed by atoms with Crippen LogP contribution >= 0.6 is 0 Å². The zero-order valence-electron chi connectivity index (χ0n) is 15.5. The maximum absolute atomic E-state index is 12.7. The summed E-state index contributed by atoms with van der Waals surface area (Å²) in [7, 11) is 1.89. The van der Waals surface area contributed by atoms with Gasteiger partial charge in [0.15, 0.2) is 0 Å². The van der Waals surface area contributed by atoms with Gasteiger partial charge in [-0.15, -0.1) is 0 Å². The van der Waals surface area contributed by atoms with Crippen LogP contribution in [0.15, 0.2) is 47.3 Å². The molecule has 1 saturated heterocycles. The Bertz CT molecular complexity index is 928. The number of benzene rings is 1. The molecule has 2 atom stereocenters. The Hall–Kier alpha value is -2.93. The molecule has 140 valence electrons. The lowest BCUT2D eigenvalue weighted by molar-refractivity contribution is -0.125. The molecule has 0 bridgehead atoms. The van der Waals surface area contributed by atoms with E-state index in [1.807, 2.05) is 50.6 Å². The molecule has 4 rings (SSSR count). The molecule has 0 aliphatic carbocycles. The van der Waals surface area contributed by atoms with Gasteiger partial charge in [0, 0.05) is 37.8 Å². The predicted molar refractivity (Wildman–Crippen MR) is 101 cm³/mol. The van der Waals surface area contributed by atoms with Gasteiger partial charge in [0.05, 0.1) is 24.4 Å². The number of hydrogen-bond acceptors (Lipinski definition) is 5. The second kappa shape index (κ2) is 7.36. The van der Waals surface area contributed by atoms with E-state index in [1.54, 1.807) is 10.9 Å². The molecule has 1 fully saturated rings. The van der Waals surface area contributed by atoms with Crippen LogP contribution in [-0.2, 0) is 18.4 Å². The Morgan fingerprint density at radius 2 is 2.15 bits per heavy atom. The number of aromatic nitrogens is 3. The smallest absolute Gasteiger partial charge is 0.226 e. The van der Waals surface area contributed by atoms with Gasteiger partial charge >= 0.3 is 0 Å². The average molecular weight is 365 g/mol. The minimum absolute atomic E-state index is 0.0220. The molecule has 1 aromatic carbocycles. The number of aryl methyl sites for hydroxylation is 2. The lowest BCUT2D eigenvalue weighted by Gasteiger charge is -2.16. The third kappa shape index (κ3) is 3.78. The van der Waals surface area contributed by atoms with Crippen LogP contribution < -0.4 is 10.6 Å². The molecule has 0 radical (unpaired) electrons. The normalized spacial score (nSPS) is 19.3. The minimum atomic E-state index is -0.113. The van der Waals surface area contributed by atoms with Gasteiger partial charge in [-0.25, -0.2) is 4.98 Å². The van der Waals surface area contributed by atoms with Crippen molar-refractivity contribution in [1.29, 1.82) is 0 Å². The van der Waals surface area contributed by atoms with E-state index in [0.717, 1.165) is 17.7 Å². The van der Waals surface area contributed by atoms with Crippen molar-refractivity contribution in [1.82, 2.24) is 25.4 Å². The molecule has 27 heavy (non-hydrogen) atoms. The van der Waals surface area contributed by atoms with Crippen molar-refractivity contribution >= 4 is 5.91 Å². The molecule has 1 amide bonds. The first-order valence-corrected chi connectivity index (χ1v) is 9.08. The fraction of sp³-hybridized carbons (Fsp3) is 0.350. The van der Waals surface area contributed by atoms with E-state index in [1.165, 1.54) is 5.56 Å². The van der Waals surface area contributed by atoms with E-state index in [-0.39, 0.29) is 17.7 Å².